The number of aromatic carboxylic acids is 2. The maximum Gasteiger partial charge on any atom is 0.339 e. The molecule has 0 atom stereocenters. The minimum atomic E-state index is -1.13. The number of carboxylic acids is 2. The van der Waals surface area contributed by atoms with Gasteiger partial charge in [0.1, 0.15) is 21.1 Å². The second-order valence-electron chi connectivity index (χ2n) is 8.34. The summed E-state index contributed by atoms with van der Waals surface area (Å²) in [5, 5.41) is 29.1. The topological polar surface area (TPSA) is 133 Å². The molecule has 4 rings (SSSR count). The lowest BCUT2D eigenvalue weighted by Gasteiger charge is -2.07. The highest BCUT2D eigenvalue weighted by Gasteiger charge is 2.22. The third-order valence-corrected chi connectivity index (χ3v) is 7.57. The van der Waals surface area contributed by atoms with Crippen LogP contribution in [0.15, 0.2) is 71.4 Å². The van der Waals surface area contributed by atoms with Crippen LogP contribution in [0.1, 0.15) is 40.0 Å². The number of thiophene rings is 2. The summed E-state index contributed by atoms with van der Waals surface area (Å²) in [6.07, 6.45) is 0.434. The van der Waals surface area contributed by atoms with Gasteiger partial charge >= 0.3 is 11.9 Å². The maximum atomic E-state index is 12.5. The molecule has 38 heavy (non-hydrogen) atoms. The summed E-state index contributed by atoms with van der Waals surface area (Å²) in [6.45, 7) is -0.0643. The van der Waals surface area contributed by atoms with Gasteiger partial charge in [-0.3, -0.25) is 9.59 Å². The first-order chi connectivity index (χ1) is 18.3. The summed E-state index contributed by atoms with van der Waals surface area (Å²) in [5.41, 5.74) is 2.79. The standard InChI is InChI=1S/C28H24N2O6S2/c31-19(14-29-25-23(27(33)34)20(15-37-25)17-8-3-1-4-9-17)12-7-13-22(32)30-26-24(28(35)36)21(16-38-26)18-10-5-2-6-11-18/h1-6,8-11,15-16,29H,7,12-14H2,(H,30,32)(H,33,34)(H,35,36). The van der Waals surface area contributed by atoms with E-state index in [2.05, 4.69) is 10.6 Å². The van der Waals surface area contributed by atoms with E-state index in [0.29, 0.717) is 16.1 Å². The molecule has 0 radical (unpaired) electrons. The highest BCUT2D eigenvalue weighted by molar-refractivity contribution is 7.15. The molecule has 4 N–H and O–H groups in total. The first-order valence-electron chi connectivity index (χ1n) is 11.7. The number of carboxylic acid groups (broad SMARTS) is 2. The average molecular weight is 549 g/mol. The van der Waals surface area contributed by atoms with Gasteiger partial charge in [0.25, 0.3) is 0 Å². The third kappa shape index (κ3) is 6.34. The monoisotopic (exact) mass is 548 g/mol. The van der Waals surface area contributed by atoms with E-state index in [-0.39, 0.29) is 53.6 Å². The lowest BCUT2D eigenvalue weighted by molar-refractivity contribution is -0.118. The summed E-state index contributed by atoms with van der Waals surface area (Å²) in [4.78, 5) is 48.6. The second kappa shape index (κ2) is 12.3. The lowest BCUT2D eigenvalue weighted by Crippen LogP contribution is -2.16. The maximum absolute atomic E-state index is 12.5. The largest absolute Gasteiger partial charge is 0.478 e. The number of nitrogens with one attached hydrogen (secondary N) is 2. The molecule has 0 aliphatic heterocycles. The van der Waals surface area contributed by atoms with E-state index in [4.69, 9.17) is 0 Å². The van der Waals surface area contributed by atoms with Gasteiger partial charge < -0.3 is 20.8 Å². The van der Waals surface area contributed by atoms with E-state index < -0.39 is 11.9 Å². The number of hydrogen-bond acceptors (Lipinski definition) is 7. The fourth-order valence-electron chi connectivity index (χ4n) is 3.93. The van der Waals surface area contributed by atoms with Crippen LogP contribution in [0.3, 0.4) is 0 Å². The van der Waals surface area contributed by atoms with Crippen molar-refractivity contribution < 1.29 is 29.4 Å². The quantitative estimate of drug-likeness (QED) is 0.163. The van der Waals surface area contributed by atoms with Crippen LogP contribution in [0.25, 0.3) is 22.3 Å². The molecule has 0 aliphatic carbocycles. The molecule has 0 saturated heterocycles. The first kappa shape index (κ1) is 26.8. The Morgan fingerprint density at radius 1 is 0.684 bits per heavy atom. The van der Waals surface area contributed by atoms with Gasteiger partial charge in [0.15, 0.2) is 5.78 Å². The Balaban J connectivity index is 1.30. The van der Waals surface area contributed by atoms with E-state index in [9.17, 15) is 29.4 Å². The lowest BCUT2D eigenvalue weighted by atomic mass is 10.0. The number of amides is 1. The van der Waals surface area contributed by atoms with Crippen LogP contribution < -0.4 is 10.6 Å². The van der Waals surface area contributed by atoms with Crippen LogP contribution in [0, 0.1) is 0 Å². The Hall–Kier alpha value is -4.28. The van der Waals surface area contributed by atoms with Crippen LogP contribution in [-0.2, 0) is 9.59 Å². The van der Waals surface area contributed by atoms with Crippen molar-refractivity contribution in [1.29, 1.82) is 0 Å². The Labute approximate surface area is 226 Å². The summed E-state index contributed by atoms with van der Waals surface area (Å²) in [6, 6.07) is 18.2. The molecule has 2 aromatic carbocycles. The molecule has 0 spiro atoms. The first-order valence-corrected chi connectivity index (χ1v) is 13.5. The van der Waals surface area contributed by atoms with E-state index in [0.717, 1.165) is 22.5 Å². The summed E-state index contributed by atoms with van der Waals surface area (Å²) >= 11 is 2.36. The van der Waals surface area contributed by atoms with E-state index in [1.807, 2.05) is 48.5 Å². The smallest absolute Gasteiger partial charge is 0.339 e. The summed E-state index contributed by atoms with van der Waals surface area (Å²) < 4.78 is 0. The number of carbonyl (C=O) groups is 4. The van der Waals surface area contributed by atoms with Crippen molar-refractivity contribution in [3.8, 4) is 22.3 Å². The predicted octanol–water partition coefficient (Wildman–Crippen LogP) is 6.33. The number of carbonyl (C=O) groups excluding carboxylic acids is 2. The average Bonchev–Trinajstić information content (AvgIpc) is 3.53. The van der Waals surface area contributed by atoms with Crippen molar-refractivity contribution in [2.24, 2.45) is 0 Å². The van der Waals surface area contributed by atoms with Gasteiger partial charge in [-0.05, 0) is 17.5 Å². The molecule has 194 valence electrons. The van der Waals surface area contributed by atoms with Crippen LogP contribution in [-0.4, -0.2) is 40.4 Å². The van der Waals surface area contributed by atoms with Crippen molar-refractivity contribution in [3.05, 3.63) is 82.6 Å². The van der Waals surface area contributed by atoms with Crippen LogP contribution >= 0.6 is 22.7 Å². The number of rotatable bonds is 12. The molecule has 0 bridgehead atoms. The van der Waals surface area contributed by atoms with E-state index in [1.54, 1.807) is 22.9 Å². The zero-order valence-electron chi connectivity index (χ0n) is 20.1. The van der Waals surface area contributed by atoms with Gasteiger partial charge in [-0.25, -0.2) is 9.59 Å². The van der Waals surface area contributed by atoms with Crippen molar-refractivity contribution >= 4 is 56.3 Å². The molecule has 0 unspecified atom stereocenters. The number of benzene rings is 2. The predicted molar refractivity (Wildman–Crippen MR) is 149 cm³/mol. The van der Waals surface area contributed by atoms with Crippen LogP contribution in [0.2, 0.25) is 0 Å². The van der Waals surface area contributed by atoms with Gasteiger partial charge in [-0.15, -0.1) is 22.7 Å². The third-order valence-electron chi connectivity index (χ3n) is 5.74. The fourth-order valence-corrected chi connectivity index (χ4v) is 5.86. The second-order valence-corrected chi connectivity index (χ2v) is 10.1. The Kier molecular flexibility index (Phi) is 8.67. The van der Waals surface area contributed by atoms with Crippen molar-refractivity contribution in [3.63, 3.8) is 0 Å². The van der Waals surface area contributed by atoms with Gasteiger partial charge in [-0.1, -0.05) is 60.7 Å². The molecule has 0 fully saturated rings. The van der Waals surface area contributed by atoms with E-state index >= 15 is 0 Å². The van der Waals surface area contributed by atoms with Crippen LogP contribution in [0.4, 0.5) is 10.0 Å². The van der Waals surface area contributed by atoms with Gasteiger partial charge in [0.05, 0.1) is 6.54 Å². The number of ketones is 1. The molecule has 8 nitrogen and oxygen atoms in total. The minimum Gasteiger partial charge on any atom is -0.478 e. The molecule has 0 saturated carbocycles. The Morgan fingerprint density at radius 3 is 1.71 bits per heavy atom. The molecule has 10 heteroatoms. The molecule has 1 amide bonds. The molecule has 0 aliphatic rings. The molecule has 2 aromatic heterocycles. The normalized spacial score (nSPS) is 10.6. The SMILES string of the molecule is O=C(CCCC(=O)Nc1scc(-c2ccccc2)c1C(=O)O)CNc1scc(-c2ccccc2)c1C(=O)O. The summed E-state index contributed by atoms with van der Waals surface area (Å²) in [5.74, 6) is -2.76. The molecular weight excluding hydrogens is 524 g/mol. The minimum absolute atomic E-state index is 0.0369. The highest BCUT2D eigenvalue weighted by Crippen LogP contribution is 2.36. The highest BCUT2D eigenvalue weighted by atomic mass is 32.1. The fraction of sp³-hybridized carbons (Fsp3) is 0.143. The molecular formula is C28H24N2O6S2. The van der Waals surface area contributed by atoms with Crippen molar-refractivity contribution in [2.75, 3.05) is 17.2 Å². The van der Waals surface area contributed by atoms with E-state index in [1.165, 1.54) is 11.3 Å². The van der Waals surface area contributed by atoms with Gasteiger partial charge in [0, 0.05) is 34.7 Å². The Morgan fingerprint density at radius 2 is 1.18 bits per heavy atom. The molecule has 4 aromatic rings. The molecule has 2 heterocycles. The van der Waals surface area contributed by atoms with Crippen molar-refractivity contribution in [1.82, 2.24) is 0 Å². The number of anilines is 2. The van der Waals surface area contributed by atoms with Gasteiger partial charge in [0.2, 0.25) is 5.91 Å². The zero-order valence-corrected chi connectivity index (χ0v) is 21.7. The Bertz CT molecular complexity index is 1460. The van der Waals surface area contributed by atoms with Gasteiger partial charge in [-0.2, -0.15) is 0 Å². The van der Waals surface area contributed by atoms with Crippen molar-refractivity contribution in [2.45, 2.75) is 19.3 Å². The number of Topliss-reactive ketones (excluding diaryl/α,β-unsaturated/α-hetero) is 1. The zero-order chi connectivity index (χ0) is 27.1. The number of hydrogen-bond donors (Lipinski definition) is 4. The van der Waals surface area contributed by atoms with Crippen LogP contribution in [0.5, 0.6) is 0 Å². The summed E-state index contributed by atoms with van der Waals surface area (Å²) in [7, 11) is 0.